The lowest BCUT2D eigenvalue weighted by atomic mass is 9.94. The molecule has 2 heterocycles. The van der Waals surface area contributed by atoms with E-state index in [9.17, 15) is 9.59 Å². The Morgan fingerprint density at radius 1 is 1.41 bits per heavy atom. The zero-order valence-corrected chi connectivity index (χ0v) is 13.6. The van der Waals surface area contributed by atoms with Gasteiger partial charge in [-0.1, -0.05) is 5.16 Å². The summed E-state index contributed by atoms with van der Waals surface area (Å²) in [5, 5.41) is 6.47. The van der Waals surface area contributed by atoms with Crippen LogP contribution in [0, 0.1) is 12.8 Å². The van der Waals surface area contributed by atoms with Crippen LogP contribution in [0.15, 0.2) is 10.6 Å². The normalized spacial score (nSPS) is 18.0. The molecule has 1 atom stereocenters. The van der Waals surface area contributed by atoms with Crippen molar-refractivity contribution < 1.29 is 14.1 Å². The fourth-order valence-corrected chi connectivity index (χ4v) is 2.71. The standard InChI is InChI=1S/C15H24N4O3/c1-10-9-13(22-17-10)16-14(20)11(2)19-7-5-12(6-8-19)15(21)18(3)4/h9,11-12H,5-8H2,1-4H3,(H,16,20)/t11-/m1/s1. The number of carbonyl (C=O) groups is 2. The number of aryl methyl sites for hydroxylation is 1. The molecule has 1 aromatic heterocycles. The zero-order chi connectivity index (χ0) is 16.3. The first-order valence-electron chi connectivity index (χ1n) is 7.58. The van der Waals surface area contributed by atoms with Crippen molar-refractivity contribution in [1.29, 1.82) is 0 Å². The summed E-state index contributed by atoms with van der Waals surface area (Å²) >= 11 is 0. The van der Waals surface area contributed by atoms with Crippen LogP contribution in [-0.2, 0) is 9.59 Å². The number of rotatable bonds is 4. The molecule has 0 spiro atoms. The Labute approximate surface area is 130 Å². The van der Waals surface area contributed by atoms with Crippen LogP contribution in [0.25, 0.3) is 0 Å². The van der Waals surface area contributed by atoms with E-state index in [0.29, 0.717) is 5.88 Å². The Morgan fingerprint density at radius 3 is 2.55 bits per heavy atom. The summed E-state index contributed by atoms with van der Waals surface area (Å²) in [6.45, 7) is 5.16. The topological polar surface area (TPSA) is 78.7 Å². The lowest BCUT2D eigenvalue weighted by molar-refractivity contribution is -0.134. The fourth-order valence-electron chi connectivity index (χ4n) is 2.71. The molecule has 1 N–H and O–H groups in total. The first-order chi connectivity index (χ1) is 10.4. The van der Waals surface area contributed by atoms with Gasteiger partial charge in [0.05, 0.1) is 11.7 Å². The van der Waals surface area contributed by atoms with Crippen molar-refractivity contribution in [2.24, 2.45) is 5.92 Å². The number of hydrogen-bond acceptors (Lipinski definition) is 5. The average molecular weight is 308 g/mol. The third-order valence-electron chi connectivity index (χ3n) is 4.12. The maximum absolute atomic E-state index is 12.2. The molecule has 0 unspecified atom stereocenters. The fraction of sp³-hybridized carbons (Fsp3) is 0.667. The van der Waals surface area contributed by atoms with Gasteiger partial charge in [0.1, 0.15) is 0 Å². The van der Waals surface area contributed by atoms with Gasteiger partial charge in [0.25, 0.3) is 0 Å². The predicted molar refractivity (Wildman–Crippen MR) is 82.3 cm³/mol. The minimum Gasteiger partial charge on any atom is -0.349 e. The van der Waals surface area contributed by atoms with Crippen molar-refractivity contribution >= 4 is 17.7 Å². The smallest absolute Gasteiger partial charge is 0.243 e. The number of likely N-dealkylation sites (tertiary alicyclic amines) is 1. The quantitative estimate of drug-likeness (QED) is 0.901. The van der Waals surface area contributed by atoms with E-state index in [4.69, 9.17) is 4.52 Å². The third kappa shape index (κ3) is 3.85. The molecule has 1 saturated heterocycles. The van der Waals surface area contributed by atoms with Crippen molar-refractivity contribution in [3.05, 3.63) is 11.8 Å². The first kappa shape index (κ1) is 16.5. The average Bonchev–Trinajstić information content (AvgIpc) is 2.90. The number of carbonyl (C=O) groups excluding carboxylic acids is 2. The van der Waals surface area contributed by atoms with E-state index < -0.39 is 0 Å². The van der Waals surface area contributed by atoms with E-state index in [-0.39, 0.29) is 23.8 Å². The molecule has 0 bridgehead atoms. The molecule has 0 saturated carbocycles. The molecule has 0 radical (unpaired) electrons. The van der Waals surface area contributed by atoms with Crippen LogP contribution in [0.2, 0.25) is 0 Å². The number of piperidine rings is 1. The van der Waals surface area contributed by atoms with Crippen molar-refractivity contribution in [2.45, 2.75) is 32.7 Å². The Bertz CT molecular complexity index is 533. The Hall–Kier alpha value is -1.89. The summed E-state index contributed by atoms with van der Waals surface area (Å²) in [5.74, 6) is 0.493. The van der Waals surface area contributed by atoms with Gasteiger partial charge < -0.3 is 9.42 Å². The maximum atomic E-state index is 12.2. The molecule has 1 aliphatic heterocycles. The molecule has 7 nitrogen and oxygen atoms in total. The lowest BCUT2D eigenvalue weighted by Gasteiger charge is -2.35. The van der Waals surface area contributed by atoms with Gasteiger partial charge in [-0.15, -0.1) is 0 Å². The summed E-state index contributed by atoms with van der Waals surface area (Å²) in [6, 6.07) is 1.42. The van der Waals surface area contributed by atoms with Crippen LogP contribution in [-0.4, -0.2) is 60.0 Å². The second kappa shape index (κ2) is 6.91. The van der Waals surface area contributed by atoms with Crippen molar-refractivity contribution in [1.82, 2.24) is 15.0 Å². The molecule has 1 aliphatic rings. The van der Waals surface area contributed by atoms with Crippen LogP contribution < -0.4 is 5.32 Å². The van der Waals surface area contributed by atoms with E-state index in [1.165, 1.54) is 0 Å². The van der Waals surface area contributed by atoms with Gasteiger partial charge in [-0.25, -0.2) is 0 Å². The second-order valence-electron chi connectivity index (χ2n) is 6.04. The monoisotopic (exact) mass is 308 g/mol. The summed E-state index contributed by atoms with van der Waals surface area (Å²) in [6.07, 6.45) is 1.58. The minimum atomic E-state index is -0.263. The van der Waals surface area contributed by atoms with Crippen molar-refractivity contribution in [2.75, 3.05) is 32.5 Å². The number of amides is 2. The highest BCUT2D eigenvalue weighted by Crippen LogP contribution is 2.21. The number of hydrogen-bond donors (Lipinski definition) is 1. The van der Waals surface area contributed by atoms with E-state index >= 15 is 0 Å². The number of anilines is 1. The van der Waals surface area contributed by atoms with Crippen LogP contribution >= 0.6 is 0 Å². The summed E-state index contributed by atoms with van der Waals surface area (Å²) in [5.41, 5.74) is 0.728. The summed E-state index contributed by atoms with van der Waals surface area (Å²) in [4.78, 5) is 27.9. The molecule has 2 rings (SSSR count). The van der Waals surface area contributed by atoms with Gasteiger partial charge in [0.2, 0.25) is 17.7 Å². The van der Waals surface area contributed by atoms with E-state index in [0.717, 1.165) is 31.6 Å². The van der Waals surface area contributed by atoms with E-state index in [2.05, 4.69) is 15.4 Å². The Balaban J connectivity index is 1.85. The van der Waals surface area contributed by atoms with E-state index in [1.54, 1.807) is 32.0 Å². The molecule has 1 fully saturated rings. The van der Waals surface area contributed by atoms with Gasteiger partial charge in [-0.05, 0) is 39.8 Å². The second-order valence-corrected chi connectivity index (χ2v) is 6.04. The number of aromatic nitrogens is 1. The van der Waals surface area contributed by atoms with Gasteiger partial charge >= 0.3 is 0 Å². The molecule has 22 heavy (non-hydrogen) atoms. The van der Waals surface area contributed by atoms with Crippen molar-refractivity contribution in [3.63, 3.8) is 0 Å². The minimum absolute atomic E-state index is 0.0680. The van der Waals surface area contributed by atoms with Gasteiger partial charge in [-0.3, -0.25) is 19.8 Å². The highest BCUT2D eigenvalue weighted by Gasteiger charge is 2.30. The highest BCUT2D eigenvalue weighted by atomic mass is 16.5. The molecule has 122 valence electrons. The highest BCUT2D eigenvalue weighted by molar-refractivity contribution is 5.93. The lowest BCUT2D eigenvalue weighted by Crippen LogP contribution is -2.48. The van der Waals surface area contributed by atoms with E-state index in [1.807, 2.05) is 6.92 Å². The molecule has 0 aromatic carbocycles. The Kier molecular flexibility index (Phi) is 5.18. The summed E-state index contributed by atoms with van der Waals surface area (Å²) < 4.78 is 5.00. The molecular formula is C15H24N4O3. The first-order valence-corrected chi connectivity index (χ1v) is 7.58. The van der Waals surface area contributed by atoms with Crippen LogP contribution in [0.1, 0.15) is 25.5 Å². The predicted octanol–water partition coefficient (Wildman–Crippen LogP) is 1.11. The number of nitrogens with zero attached hydrogens (tertiary/aromatic N) is 3. The van der Waals surface area contributed by atoms with Crippen LogP contribution in [0.3, 0.4) is 0 Å². The van der Waals surface area contributed by atoms with Crippen LogP contribution in [0.5, 0.6) is 0 Å². The summed E-state index contributed by atoms with van der Waals surface area (Å²) in [7, 11) is 3.56. The zero-order valence-electron chi connectivity index (χ0n) is 13.6. The van der Waals surface area contributed by atoms with Gasteiger partial charge in [-0.2, -0.15) is 0 Å². The molecular weight excluding hydrogens is 284 g/mol. The van der Waals surface area contributed by atoms with Crippen molar-refractivity contribution in [3.8, 4) is 0 Å². The van der Waals surface area contributed by atoms with Gasteiger partial charge in [0, 0.05) is 26.1 Å². The maximum Gasteiger partial charge on any atom is 0.243 e. The Morgan fingerprint density at radius 2 is 2.05 bits per heavy atom. The van der Waals surface area contributed by atoms with Gasteiger partial charge in [0.15, 0.2) is 0 Å². The molecule has 7 heteroatoms. The number of nitrogens with one attached hydrogen (secondary N) is 1. The molecule has 0 aliphatic carbocycles. The molecule has 2 amide bonds. The van der Waals surface area contributed by atoms with Crippen LogP contribution in [0.4, 0.5) is 5.88 Å². The largest absolute Gasteiger partial charge is 0.349 e. The molecule has 1 aromatic rings. The SMILES string of the molecule is Cc1cc(NC(=O)[C@@H](C)N2CCC(C(=O)N(C)C)CC2)on1. The third-order valence-corrected chi connectivity index (χ3v) is 4.12.